The van der Waals surface area contributed by atoms with Gasteiger partial charge in [-0.05, 0) is 24.3 Å². The van der Waals surface area contributed by atoms with Crippen LogP contribution in [0.15, 0.2) is 85.2 Å². The molecule has 0 saturated heterocycles. The van der Waals surface area contributed by atoms with E-state index in [1.54, 1.807) is 12.4 Å². The summed E-state index contributed by atoms with van der Waals surface area (Å²) in [4.78, 5) is 24.8. The van der Waals surface area contributed by atoms with Crippen molar-refractivity contribution in [2.75, 3.05) is 5.32 Å². The van der Waals surface area contributed by atoms with Gasteiger partial charge < -0.3 is 10.3 Å². The number of rotatable bonds is 4. The number of nitrogens with one attached hydrogen (secondary N) is 2. The zero-order valence-electron chi connectivity index (χ0n) is 13.9. The first-order chi connectivity index (χ1) is 12.8. The van der Waals surface area contributed by atoms with Gasteiger partial charge in [0.25, 0.3) is 5.91 Å². The average molecular weight is 340 g/mol. The van der Waals surface area contributed by atoms with E-state index in [9.17, 15) is 4.79 Å². The lowest BCUT2D eigenvalue weighted by Gasteiger charge is -2.05. The first kappa shape index (κ1) is 15.8. The fourth-order valence-electron chi connectivity index (χ4n) is 2.70. The average Bonchev–Trinajstić information content (AvgIpc) is 3.16. The van der Waals surface area contributed by atoms with Crippen molar-refractivity contribution in [2.24, 2.45) is 0 Å². The van der Waals surface area contributed by atoms with Gasteiger partial charge in [0.05, 0.1) is 0 Å². The SMILES string of the molecule is O=C(Nc1ccccc1)c1[nH]c(-c2cccnc2)nc1-c1ccccc1. The Bertz CT molecular complexity index is 1010. The Labute approximate surface area is 150 Å². The smallest absolute Gasteiger partial charge is 0.274 e. The second-order valence-corrected chi connectivity index (χ2v) is 5.74. The molecule has 2 aromatic carbocycles. The quantitative estimate of drug-likeness (QED) is 0.579. The zero-order valence-corrected chi connectivity index (χ0v) is 13.9. The van der Waals surface area contributed by atoms with Crippen LogP contribution in [0.5, 0.6) is 0 Å². The molecule has 26 heavy (non-hydrogen) atoms. The van der Waals surface area contributed by atoms with E-state index in [4.69, 9.17) is 0 Å². The zero-order chi connectivity index (χ0) is 17.8. The van der Waals surface area contributed by atoms with E-state index in [1.165, 1.54) is 0 Å². The molecule has 0 aliphatic carbocycles. The second-order valence-electron chi connectivity index (χ2n) is 5.74. The van der Waals surface area contributed by atoms with Crippen LogP contribution < -0.4 is 5.32 Å². The summed E-state index contributed by atoms with van der Waals surface area (Å²) >= 11 is 0. The molecule has 0 atom stereocenters. The number of H-pyrrole nitrogens is 1. The monoisotopic (exact) mass is 340 g/mol. The molecule has 0 aliphatic heterocycles. The van der Waals surface area contributed by atoms with Crippen LogP contribution in [0, 0.1) is 0 Å². The number of hydrogen-bond acceptors (Lipinski definition) is 3. The maximum absolute atomic E-state index is 12.9. The van der Waals surface area contributed by atoms with Gasteiger partial charge in [-0.15, -0.1) is 0 Å². The third-order valence-corrected chi connectivity index (χ3v) is 3.94. The van der Waals surface area contributed by atoms with Gasteiger partial charge in [0, 0.05) is 29.2 Å². The molecule has 0 bridgehead atoms. The van der Waals surface area contributed by atoms with E-state index in [1.807, 2.05) is 72.8 Å². The fraction of sp³-hybridized carbons (Fsp3) is 0. The Morgan fingerprint density at radius 3 is 2.23 bits per heavy atom. The van der Waals surface area contributed by atoms with Crippen LogP contribution in [0.2, 0.25) is 0 Å². The molecule has 0 fully saturated rings. The summed E-state index contributed by atoms with van der Waals surface area (Å²) in [5.41, 5.74) is 3.45. The number of carbonyl (C=O) groups is 1. The largest absolute Gasteiger partial charge is 0.333 e. The number of benzene rings is 2. The van der Waals surface area contributed by atoms with Crippen molar-refractivity contribution in [2.45, 2.75) is 0 Å². The van der Waals surface area contributed by atoms with Crippen LogP contribution in [0.4, 0.5) is 5.69 Å². The molecule has 0 unspecified atom stereocenters. The van der Waals surface area contributed by atoms with E-state index in [2.05, 4.69) is 20.3 Å². The van der Waals surface area contributed by atoms with Crippen molar-refractivity contribution in [1.29, 1.82) is 0 Å². The molecule has 126 valence electrons. The highest BCUT2D eigenvalue weighted by Crippen LogP contribution is 2.26. The van der Waals surface area contributed by atoms with Crippen molar-refractivity contribution >= 4 is 11.6 Å². The van der Waals surface area contributed by atoms with Crippen LogP contribution in [-0.4, -0.2) is 20.9 Å². The van der Waals surface area contributed by atoms with Crippen LogP contribution >= 0.6 is 0 Å². The van der Waals surface area contributed by atoms with Crippen LogP contribution in [-0.2, 0) is 0 Å². The topological polar surface area (TPSA) is 70.7 Å². The van der Waals surface area contributed by atoms with Gasteiger partial charge in [0.1, 0.15) is 17.2 Å². The van der Waals surface area contributed by atoms with Gasteiger partial charge in [-0.1, -0.05) is 48.5 Å². The lowest BCUT2D eigenvalue weighted by molar-refractivity contribution is 0.102. The van der Waals surface area contributed by atoms with Crippen molar-refractivity contribution in [1.82, 2.24) is 15.0 Å². The molecule has 0 radical (unpaired) electrons. The maximum atomic E-state index is 12.9. The molecule has 0 aliphatic rings. The van der Waals surface area contributed by atoms with Gasteiger partial charge in [-0.2, -0.15) is 0 Å². The number of aromatic amines is 1. The van der Waals surface area contributed by atoms with Crippen molar-refractivity contribution in [3.63, 3.8) is 0 Å². The number of hydrogen-bond donors (Lipinski definition) is 2. The molecule has 0 spiro atoms. The standard InChI is InChI=1S/C21H16N4O/c26-21(23-17-11-5-2-6-12-17)19-18(15-8-3-1-4-9-15)24-20(25-19)16-10-7-13-22-14-16/h1-14H,(H,23,26)(H,24,25). The van der Waals surface area contributed by atoms with Gasteiger partial charge in [-0.3, -0.25) is 9.78 Å². The number of nitrogens with zero attached hydrogens (tertiary/aromatic N) is 2. The first-order valence-electron chi connectivity index (χ1n) is 8.23. The summed E-state index contributed by atoms with van der Waals surface area (Å²) in [5.74, 6) is 0.368. The maximum Gasteiger partial charge on any atom is 0.274 e. The highest BCUT2D eigenvalue weighted by Gasteiger charge is 2.19. The van der Waals surface area contributed by atoms with Crippen molar-refractivity contribution < 1.29 is 4.79 Å². The third kappa shape index (κ3) is 3.23. The Balaban J connectivity index is 1.77. The Morgan fingerprint density at radius 2 is 1.54 bits per heavy atom. The molecule has 2 heterocycles. The van der Waals surface area contributed by atoms with Crippen LogP contribution in [0.1, 0.15) is 10.5 Å². The Morgan fingerprint density at radius 1 is 0.846 bits per heavy atom. The minimum absolute atomic E-state index is 0.238. The van der Waals surface area contributed by atoms with E-state index < -0.39 is 0 Å². The summed E-state index contributed by atoms with van der Waals surface area (Å²) in [7, 11) is 0. The lowest BCUT2D eigenvalue weighted by Crippen LogP contribution is -2.13. The Kier molecular flexibility index (Phi) is 4.26. The molecule has 2 N–H and O–H groups in total. The number of aromatic nitrogens is 3. The van der Waals surface area contributed by atoms with Gasteiger partial charge in [0.15, 0.2) is 0 Å². The molecule has 2 aromatic heterocycles. The predicted octanol–water partition coefficient (Wildman–Crippen LogP) is 4.39. The molecule has 5 heteroatoms. The normalized spacial score (nSPS) is 10.5. The summed E-state index contributed by atoms with van der Waals surface area (Å²) in [6.45, 7) is 0. The van der Waals surface area contributed by atoms with Crippen molar-refractivity contribution in [3.8, 4) is 22.6 Å². The number of pyridine rings is 1. The fourth-order valence-corrected chi connectivity index (χ4v) is 2.70. The highest BCUT2D eigenvalue weighted by atomic mass is 16.1. The highest BCUT2D eigenvalue weighted by molar-refractivity contribution is 6.07. The lowest BCUT2D eigenvalue weighted by atomic mass is 10.1. The summed E-state index contributed by atoms with van der Waals surface area (Å²) < 4.78 is 0. The summed E-state index contributed by atoms with van der Waals surface area (Å²) in [5, 5.41) is 2.91. The molecule has 5 nitrogen and oxygen atoms in total. The molecular weight excluding hydrogens is 324 g/mol. The van der Waals surface area contributed by atoms with E-state index >= 15 is 0 Å². The predicted molar refractivity (Wildman–Crippen MR) is 102 cm³/mol. The van der Waals surface area contributed by atoms with E-state index in [0.717, 1.165) is 16.8 Å². The minimum Gasteiger partial charge on any atom is -0.333 e. The van der Waals surface area contributed by atoms with Gasteiger partial charge >= 0.3 is 0 Å². The number of anilines is 1. The van der Waals surface area contributed by atoms with Crippen LogP contribution in [0.3, 0.4) is 0 Å². The summed E-state index contributed by atoms with van der Waals surface area (Å²) in [6.07, 6.45) is 3.42. The number of imidazole rings is 1. The number of amides is 1. The molecule has 4 aromatic rings. The van der Waals surface area contributed by atoms with E-state index in [0.29, 0.717) is 17.2 Å². The van der Waals surface area contributed by atoms with Crippen molar-refractivity contribution in [3.05, 3.63) is 90.9 Å². The van der Waals surface area contributed by atoms with Crippen LogP contribution in [0.25, 0.3) is 22.6 Å². The van der Waals surface area contributed by atoms with E-state index in [-0.39, 0.29) is 5.91 Å². The summed E-state index contributed by atoms with van der Waals surface area (Å²) in [6, 6.07) is 22.7. The molecular formula is C21H16N4O. The molecule has 1 amide bonds. The number of carbonyl (C=O) groups excluding carboxylic acids is 1. The second kappa shape index (κ2) is 7.03. The number of para-hydroxylation sites is 1. The molecule has 0 saturated carbocycles. The molecule has 4 rings (SSSR count). The Hall–Kier alpha value is -3.73. The first-order valence-corrected chi connectivity index (χ1v) is 8.23. The third-order valence-electron chi connectivity index (χ3n) is 3.94. The van der Waals surface area contributed by atoms with Gasteiger partial charge in [0.2, 0.25) is 0 Å². The van der Waals surface area contributed by atoms with Gasteiger partial charge in [-0.25, -0.2) is 4.98 Å². The minimum atomic E-state index is -0.238.